The van der Waals surface area contributed by atoms with Crippen molar-refractivity contribution >= 4 is 33.3 Å². The summed E-state index contributed by atoms with van der Waals surface area (Å²) in [5.74, 6) is 0. The summed E-state index contributed by atoms with van der Waals surface area (Å²) in [6.07, 6.45) is -3.58. The molecule has 0 atom stereocenters. The van der Waals surface area contributed by atoms with Gasteiger partial charge in [0.1, 0.15) is 5.69 Å². The lowest BCUT2D eigenvalue weighted by molar-refractivity contribution is -0.137. The molecule has 0 aliphatic rings. The minimum Gasteiger partial charge on any atom is -0.237 e. The molecule has 0 saturated heterocycles. The Morgan fingerprint density at radius 1 is 1.22 bits per heavy atom. The van der Waals surface area contributed by atoms with Crippen LogP contribution in [0, 0.1) is 0 Å². The molecular formula is C11H6Cl2F4N2O3S. The van der Waals surface area contributed by atoms with Crippen LogP contribution >= 0.6 is 23.2 Å². The molecule has 1 heterocycles. The summed E-state index contributed by atoms with van der Waals surface area (Å²) in [6.45, 7) is -1.59. The first kappa shape index (κ1) is 18.0. The van der Waals surface area contributed by atoms with Gasteiger partial charge in [-0.1, -0.05) is 23.2 Å². The molecule has 5 nitrogen and oxygen atoms in total. The summed E-state index contributed by atoms with van der Waals surface area (Å²) in [5.41, 5.74) is -1.24. The van der Waals surface area contributed by atoms with Crippen molar-refractivity contribution in [2.45, 2.75) is 11.2 Å². The third kappa shape index (κ3) is 3.77. The van der Waals surface area contributed by atoms with Gasteiger partial charge >= 0.3 is 16.3 Å². The Labute approximate surface area is 137 Å². The van der Waals surface area contributed by atoms with Crippen LogP contribution in [0.5, 0.6) is 0 Å². The first-order valence-corrected chi connectivity index (χ1v) is 7.80. The highest BCUT2D eigenvalue weighted by Gasteiger charge is 2.32. The van der Waals surface area contributed by atoms with Gasteiger partial charge in [0, 0.05) is 6.20 Å². The third-order valence-corrected chi connectivity index (χ3v) is 4.30. The molecule has 0 radical (unpaired) electrons. The van der Waals surface area contributed by atoms with E-state index in [0.717, 1.165) is 16.9 Å². The third-order valence-electron chi connectivity index (χ3n) is 2.59. The van der Waals surface area contributed by atoms with Crippen LogP contribution < -0.4 is 0 Å². The maximum Gasteiger partial charge on any atom is 0.416 e. The van der Waals surface area contributed by atoms with E-state index in [2.05, 4.69) is 9.28 Å². The maximum atomic E-state index is 12.7. The Hall–Kier alpha value is -1.36. The molecule has 1 aromatic carbocycles. The van der Waals surface area contributed by atoms with Crippen LogP contribution in [0.15, 0.2) is 29.4 Å². The van der Waals surface area contributed by atoms with Gasteiger partial charge in [-0.05, 0) is 18.2 Å². The van der Waals surface area contributed by atoms with Gasteiger partial charge in [0.15, 0.2) is 0 Å². The van der Waals surface area contributed by atoms with Gasteiger partial charge in [0.2, 0.25) is 11.9 Å². The van der Waals surface area contributed by atoms with Gasteiger partial charge in [-0.15, -0.1) is 0 Å². The summed E-state index contributed by atoms with van der Waals surface area (Å²) >= 11 is 11.5. The van der Waals surface area contributed by atoms with E-state index < -0.39 is 43.8 Å². The van der Waals surface area contributed by atoms with Crippen molar-refractivity contribution in [2.24, 2.45) is 0 Å². The number of nitrogens with zero attached hydrogens (tertiary/aromatic N) is 2. The van der Waals surface area contributed by atoms with Crippen LogP contribution in [0.3, 0.4) is 0 Å². The van der Waals surface area contributed by atoms with E-state index in [1.54, 1.807) is 0 Å². The second kappa shape index (κ2) is 6.27. The quantitative estimate of drug-likeness (QED) is 0.585. The molecule has 0 aliphatic carbocycles. The fourth-order valence-electron chi connectivity index (χ4n) is 1.63. The number of hydrogen-bond acceptors (Lipinski definition) is 4. The average molecular weight is 393 g/mol. The van der Waals surface area contributed by atoms with E-state index in [-0.39, 0.29) is 5.69 Å². The van der Waals surface area contributed by atoms with Crippen molar-refractivity contribution in [2.75, 3.05) is 6.86 Å². The molecule has 126 valence electrons. The number of aromatic nitrogens is 2. The number of rotatable bonds is 4. The number of alkyl halides is 4. The van der Waals surface area contributed by atoms with Gasteiger partial charge in [-0.25, -0.2) is 13.3 Å². The SMILES string of the molecule is O=S(=O)(OCF)c1ccn(-c2c(Cl)cc(C(F)(F)F)cc2Cl)n1. The minimum absolute atomic E-state index is 0.164. The lowest BCUT2D eigenvalue weighted by atomic mass is 10.2. The Bertz CT molecular complexity index is 813. The Morgan fingerprint density at radius 3 is 2.26 bits per heavy atom. The molecular weight excluding hydrogens is 387 g/mol. The highest BCUT2D eigenvalue weighted by molar-refractivity contribution is 7.86. The smallest absolute Gasteiger partial charge is 0.237 e. The van der Waals surface area contributed by atoms with E-state index in [1.165, 1.54) is 0 Å². The number of hydrogen-bond donors (Lipinski definition) is 0. The molecule has 2 aromatic rings. The van der Waals surface area contributed by atoms with E-state index in [4.69, 9.17) is 23.2 Å². The molecule has 0 aliphatic heterocycles. The second-order valence-electron chi connectivity index (χ2n) is 4.07. The Morgan fingerprint density at radius 2 is 1.78 bits per heavy atom. The second-order valence-corrected chi connectivity index (χ2v) is 6.44. The molecule has 0 fully saturated rings. The average Bonchev–Trinajstić information content (AvgIpc) is 2.87. The molecule has 1 aromatic heterocycles. The largest absolute Gasteiger partial charge is 0.416 e. The van der Waals surface area contributed by atoms with E-state index >= 15 is 0 Å². The highest BCUT2D eigenvalue weighted by Crippen LogP contribution is 2.37. The highest BCUT2D eigenvalue weighted by atomic mass is 35.5. The van der Waals surface area contributed by atoms with Gasteiger partial charge in [0.25, 0.3) is 0 Å². The zero-order valence-corrected chi connectivity index (χ0v) is 13.1. The lowest BCUT2D eigenvalue weighted by Crippen LogP contribution is -2.09. The zero-order valence-electron chi connectivity index (χ0n) is 10.8. The molecule has 0 N–H and O–H groups in total. The van der Waals surface area contributed by atoms with E-state index in [0.29, 0.717) is 12.1 Å². The molecule has 0 unspecified atom stereocenters. The van der Waals surface area contributed by atoms with Crippen molar-refractivity contribution in [3.8, 4) is 5.69 Å². The summed E-state index contributed by atoms with van der Waals surface area (Å²) < 4.78 is 77.7. The molecule has 0 amide bonds. The molecule has 0 saturated carbocycles. The van der Waals surface area contributed by atoms with Gasteiger partial charge in [-0.3, -0.25) is 0 Å². The van der Waals surface area contributed by atoms with Crippen LogP contribution in [0.4, 0.5) is 17.6 Å². The molecule has 0 spiro atoms. The minimum atomic E-state index is -4.65. The topological polar surface area (TPSA) is 61.2 Å². The van der Waals surface area contributed by atoms with Crippen molar-refractivity contribution in [3.63, 3.8) is 0 Å². The monoisotopic (exact) mass is 392 g/mol. The lowest BCUT2D eigenvalue weighted by Gasteiger charge is -2.12. The fourth-order valence-corrected chi connectivity index (χ4v) is 2.95. The summed E-state index contributed by atoms with van der Waals surface area (Å²) in [5, 5.41) is 2.12. The Balaban J connectivity index is 2.51. The predicted octanol–water partition coefficient (Wildman–Crippen LogP) is 3.83. The molecule has 12 heteroatoms. The van der Waals surface area contributed by atoms with Crippen LogP contribution in [-0.4, -0.2) is 25.1 Å². The molecule has 0 bridgehead atoms. The predicted molar refractivity (Wildman–Crippen MR) is 72.8 cm³/mol. The van der Waals surface area contributed by atoms with Crippen LogP contribution in [-0.2, 0) is 20.5 Å². The van der Waals surface area contributed by atoms with Crippen LogP contribution in [0.2, 0.25) is 10.0 Å². The van der Waals surface area contributed by atoms with Crippen molar-refractivity contribution < 1.29 is 30.2 Å². The first-order valence-electron chi connectivity index (χ1n) is 5.64. The van der Waals surface area contributed by atoms with Gasteiger partial charge in [0.05, 0.1) is 15.6 Å². The number of benzene rings is 1. The summed E-state index contributed by atoms with van der Waals surface area (Å²) in [4.78, 5) is 0. The maximum absolute atomic E-state index is 12.7. The summed E-state index contributed by atoms with van der Waals surface area (Å²) in [6, 6.07) is 2.20. The van der Waals surface area contributed by atoms with Crippen molar-refractivity contribution in [1.29, 1.82) is 0 Å². The van der Waals surface area contributed by atoms with Crippen molar-refractivity contribution in [1.82, 2.24) is 9.78 Å². The first-order chi connectivity index (χ1) is 10.6. The van der Waals surface area contributed by atoms with E-state index in [9.17, 15) is 26.0 Å². The Kier molecular flexibility index (Phi) is 4.90. The molecule has 2 rings (SSSR count). The summed E-state index contributed by atoms with van der Waals surface area (Å²) in [7, 11) is -4.43. The van der Waals surface area contributed by atoms with Gasteiger partial charge in [-0.2, -0.15) is 26.7 Å². The normalized spacial score (nSPS) is 12.6. The van der Waals surface area contributed by atoms with Crippen molar-refractivity contribution in [3.05, 3.63) is 40.0 Å². The fraction of sp³-hybridized carbons (Fsp3) is 0.182. The van der Waals surface area contributed by atoms with Crippen LogP contribution in [0.1, 0.15) is 5.56 Å². The van der Waals surface area contributed by atoms with E-state index in [1.807, 2.05) is 0 Å². The van der Waals surface area contributed by atoms with Crippen LogP contribution in [0.25, 0.3) is 5.69 Å². The van der Waals surface area contributed by atoms with Gasteiger partial charge < -0.3 is 0 Å². The number of halogens is 6. The molecule has 23 heavy (non-hydrogen) atoms. The zero-order chi connectivity index (χ0) is 17.4. The standard InChI is InChI=1S/C11H6Cl2F4N2O3S/c12-7-3-6(11(15,16)17)4-8(13)10(7)19-2-1-9(18-19)23(20,21)22-5-14/h1-4H,5H2.